The standard InChI is InChI=1S/C17H20ClN3S/c1-14(17-3-2-12-22-17)19-21-10-8-20(9-11-21)13-15-4-6-16(18)7-5-15/h2-7,12H,8-11,13H2,1H3/b19-14+. The minimum absolute atomic E-state index is 0.798. The molecule has 1 aromatic carbocycles. The summed E-state index contributed by atoms with van der Waals surface area (Å²) < 4.78 is 0. The molecule has 0 atom stereocenters. The molecule has 0 radical (unpaired) electrons. The summed E-state index contributed by atoms with van der Waals surface area (Å²) in [5, 5.41) is 9.83. The first kappa shape index (κ1) is 15.5. The average molecular weight is 334 g/mol. The Morgan fingerprint density at radius 2 is 1.86 bits per heavy atom. The SMILES string of the molecule is C/C(=N\N1CCN(Cc2ccc(Cl)cc2)CC1)c1cccs1. The van der Waals surface area contributed by atoms with Crippen LogP contribution >= 0.6 is 22.9 Å². The third-order valence-corrected chi connectivity index (χ3v) is 5.07. The fraction of sp³-hybridized carbons (Fsp3) is 0.353. The van der Waals surface area contributed by atoms with Gasteiger partial charge in [-0.15, -0.1) is 11.3 Å². The third kappa shape index (κ3) is 4.09. The highest BCUT2D eigenvalue weighted by Crippen LogP contribution is 2.14. The van der Waals surface area contributed by atoms with Crippen LogP contribution in [0.4, 0.5) is 0 Å². The van der Waals surface area contributed by atoms with Crippen molar-refractivity contribution in [2.45, 2.75) is 13.5 Å². The molecule has 0 unspecified atom stereocenters. The molecule has 22 heavy (non-hydrogen) atoms. The summed E-state index contributed by atoms with van der Waals surface area (Å²) in [6.45, 7) is 7.13. The van der Waals surface area contributed by atoms with Crippen LogP contribution in [0.5, 0.6) is 0 Å². The van der Waals surface area contributed by atoms with Gasteiger partial charge in [0.15, 0.2) is 0 Å². The lowest BCUT2D eigenvalue weighted by Gasteiger charge is -2.33. The lowest BCUT2D eigenvalue weighted by molar-refractivity contribution is 0.130. The van der Waals surface area contributed by atoms with Crippen LogP contribution in [0.2, 0.25) is 5.02 Å². The summed E-state index contributed by atoms with van der Waals surface area (Å²) >= 11 is 7.67. The summed E-state index contributed by atoms with van der Waals surface area (Å²) in [5.74, 6) is 0. The van der Waals surface area contributed by atoms with Crippen LogP contribution in [-0.4, -0.2) is 41.8 Å². The Morgan fingerprint density at radius 1 is 1.14 bits per heavy atom. The molecule has 2 heterocycles. The minimum Gasteiger partial charge on any atom is -0.295 e. The molecule has 0 aliphatic carbocycles. The van der Waals surface area contributed by atoms with Gasteiger partial charge in [-0.25, -0.2) is 0 Å². The molecular formula is C17H20ClN3S. The van der Waals surface area contributed by atoms with Gasteiger partial charge >= 0.3 is 0 Å². The lowest BCUT2D eigenvalue weighted by atomic mass is 10.2. The number of hydrogen-bond donors (Lipinski definition) is 0. The molecule has 1 aliphatic rings. The van der Waals surface area contributed by atoms with Crippen molar-refractivity contribution in [3.63, 3.8) is 0 Å². The molecule has 1 saturated heterocycles. The molecule has 0 spiro atoms. The van der Waals surface area contributed by atoms with E-state index in [1.807, 2.05) is 12.1 Å². The van der Waals surface area contributed by atoms with Gasteiger partial charge in [0.1, 0.15) is 0 Å². The average Bonchev–Trinajstić information content (AvgIpc) is 3.06. The zero-order chi connectivity index (χ0) is 15.4. The molecule has 3 rings (SSSR count). The van der Waals surface area contributed by atoms with Crippen molar-refractivity contribution in [2.75, 3.05) is 26.2 Å². The van der Waals surface area contributed by atoms with Gasteiger partial charge < -0.3 is 0 Å². The molecule has 0 amide bonds. The maximum absolute atomic E-state index is 5.93. The van der Waals surface area contributed by atoms with E-state index in [-0.39, 0.29) is 0 Å². The number of hydrazone groups is 1. The second-order valence-electron chi connectivity index (χ2n) is 5.52. The second kappa shape index (κ2) is 7.27. The maximum Gasteiger partial charge on any atom is 0.0746 e. The first-order valence-corrected chi connectivity index (χ1v) is 8.77. The molecule has 0 bridgehead atoms. The summed E-state index contributed by atoms with van der Waals surface area (Å²) in [7, 11) is 0. The lowest BCUT2D eigenvalue weighted by Crippen LogP contribution is -2.43. The first-order chi connectivity index (χ1) is 10.7. The molecule has 0 N–H and O–H groups in total. The van der Waals surface area contributed by atoms with E-state index < -0.39 is 0 Å². The number of hydrogen-bond acceptors (Lipinski definition) is 4. The minimum atomic E-state index is 0.798. The largest absolute Gasteiger partial charge is 0.295 e. The highest BCUT2D eigenvalue weighted by atomic mass is 35.5. The molecule has 5 heteroatoms. The van der Waals surface area contributed by atoms with E-state index in [9.17, 15) is 0 Å². The quantitative estimate of drug-likeness (QED) is 0.789. The van der Waals surface area contributed by atoms with Crippen LogP contribution in [0.3, 0.4) is 0 Å². The van der Waals surface area contributed by atoms with Gasteiger partial charge in [-0.05, 0) is 36.1 Å². The Labute approximate surface area is 140 Å². The molecular weight excluding hydrogens is 314 g/mol. The second-order valence-corrected chi connectivity index (χ2v) is 6.90. The molecule has 116 valence electrons. The summed E-state index contributed by atoms with van der Waals surface area (Å²) in [6, 6.07) is 12.3. The molecule has 1 aliphatic heterocycles. The van der Waals surface area contributed by atoms with Crippen LogP contribution in [0, 0.1) is 0 Å². The Balaban J connectivity index is 1.52. The van der Waals surface area contributed by atoms with E-state index in [2.05, 4.69) is 46.5 Å². The third-order valence-electron chi connectivity index (χ3n) is 3.84. The van der Waals surface area contributed by atoms with Gasteiger partial charge in [0, 0.05) is 42.6 Å². The normalized spacial score (nSPS) is 17.0. The van der Waals surface area contributed by atoms with E-state index in [1.54, 1.807) is 11.3 Å². The van der Waals surface area contributed by atoms with Gasteiger partial charge in [0.25, 0.3) is 0 Å². The number of rotatable bonds is 4. The maximum atomic E-state index is 5.93. The number of thiophene rings is 1. The van der Waals surface area contributed by atoms with Crippen LogP contribution in [0.15, 0.2) is 46.9 Å². The van der Waals surface area contributed by atoms with Crippen molar-refractivity contribution in [3.05, 3.63) is 57.2 Å². The smallest absolute Gasteiger partial charge is 0.0746 e. The van der Waals surface area contributed by atoms with Crippen molar-refractivity contribution in [1.82, 2.24) is 9.91 Å². The van der Waals surface area contributed by atoms with Crippen molar-refractivity contribution < 1.29 is 0 Å². The first-order valence-electron chi connectivity index (χ1n) is 7.51. The highest BCUT2D eigenvalue weighted by molar-refractivity contribution is 7.12. The number of halogens is 1. The van der Waals surface area contributed by atoms with Crippen LogP contribution in [0.1, 0.15) is 17.4 Å². The summed E-state index contributed by atoms with van der Waals surface area (Å²) in [4.78, 5) is 3.72. The van der Waals surface area contributed by atoms with E-state index in [1.165, 1.54) is 10.4 Å². The molecule has 2 aromatic rings. The number of benzene rings is 1. The molecule has 0 saturated carbocycles. The zero-order valence-corrected chi connectivity index (χ0v) is 14.3. The Bertz CT molecular complexity index is 614. The van der Waals surface area contributed by atoms with Gasteiger partial charge in [0.2, 0.25) is 0 Å². The Kier molecular flexibility index (Phi) is 5.13. The summed E-state index contributed by atoms with van der Waals surface area (Å²) in [5.41, 5.74) is 2.43. The predicted molar refractivity (Wildman–Crippen MR) is 94.8 cm³/mol. The fourth-order valence-electron chi connectivity index (χ4n) is 2.59. The van der Waals surface area contributed by atoms with E-state index in [0.717, 1.165) is 43.5 Å². The monoisotopic (exact) mass is 333 g/mol. The van der Waals surface area contributed by atoms with E-state index in [4.69, 9.17) is 16.7 Å². The van der Waals surface area contributed by atoms with Gasteiger partial charge in [-0.2, -0.15) is 5.10 Å². The van der Waals surface area contributed by atoms with Crippen molar-refractivity contribution in [2.24, 2.45) is 5.10 Å². The van der Waals surface area contributed by atoms with Crippen LogP contribution in [-0.2, 0) is 6.54 Å². The van der Waals surface area contributed by atoms with Crippen molar-refractivity contribution >= 4 is 28.6 Å². The Hall–Kier alpha value is -1.36. The molecule has 1 aromatic heterocycles. The van der Waals surface area contributed by atoms with Crippen LogP contribution in [0.25, 0.3) is 0 Å². The number of nitrogens with zero attached hydrogens (tertiary/aromatic N) is 3. The predicted octanol–water partition coefficient (Wildman–Crippen LogP) is 3.94. The zero-order valence-electron chi connectivity index (χ0n) is 12.7. The highest BCUT2D eigenvalue weighted by Gasteiger charge is 2.16. The van der Waals surface area contributed by atoms with Gasteiger partial charge in [0.05, 0.1) is 5.71 Å². The van der Waals surface area contributed by atoms with Crippen molar-refractivity contribution in [3.8, 4) is 0 Å². The Morgan fingerprint density at radius 3 is 2.50 bits per heavy atom. The molecule has 1 fully saturated rings. The van der Waals surface area contributed by atoms with Gasteiger partial charge in [-0.1, -0.05) is 29.8 Å². The van der Waals surface area contributed by atoms with Crippen molar-refractivity contribution in [1.29, 1.82) is 0 Å². The summed E-state index contributed by atoms with van der Waals surface area (Å²) in [6.07, 6.45) is 0. The fourth-order valence-corrected chi connectivity index (χ4v) is 3.39. The van der Waals surface area contributed by atoms with Gasteiger partial charge in [-0.3, -0.25) is 9.91 Å². The molecule has 3 nitrogen and oxygen atoms in total. The topological polar surface area (TPSA) is 18.8 Å². The number of piperazine rings is 1. The van der Waals surface area contributed by atoms with E-state index in [0.29, 0.717) is 0 Å². The van der Waals surface area contributed by atoms with E-state index >= 15 is 0 Å². The van der Waals surface area contributed by atoms with Crippen LogP contribution < -0.4 is 0 Å².